The van der Waals surface area contributed by atoms with Gasteiger partial charge in [0, 0.05) is 18.6 Å². The first kappa shape index (κ1) is 10.9. The summed E-state index contributed by atoms with van der Waals surface area (Å²) in [5.74, 6) is 0. The second kappa shape index (κ2) is 4.12. The van der Waals surface area contributed by atoms with Gasteiger partial charge in [-0.2, -0.15) is 0 Å². The van der Waals surface area contributed by atoms with Gasteiger partial charge in [0.25, 0.3) is 0 Å². The molecular weight excluding hydrogens is 212 g/mol. The third-order valence-corrected chi connectivity index (χ3v) is 3.49. The predicted molar refractivity (Wildman–Crippen MR) is 60.3 cm³/mol. The standard InChI is InChI=1S/C12H15ClO2/c1-15-12(8-14)5-4-9-6-11(13)3-2-10(9)7-12/h2-3,6,14H,4-5,7-8H2,1H3. The summed E-state index contributed by atoms with van der Waals surface area (Å²) in [5.41, 5.74) is 2.13. The Kier molecular flexibility index (Phi) is 3.01. The Hall–Kier alpha value is -0.570. The van der Waals surface area contributed by atoms with Crippen LogP contribution >= 0.6 is 11.6 Å². The van der Waals surface area contributed by atoms with Gasteiger partial charge in [-0.3, -0.25) is 0 Å². The van der Waals surface area contributed by atoms with Crippen LogP contribution in [0, 0.1) is 0 Å². The van der Waals surface area contributed by atoms with Gasteiger partial charge in [0.1, 0.15) is 0 Å². The lowest BCUT2D eigenvalue weighted by atomic mass is 9.81. The summed E-state index contributed by atoms with van der Waals surface area (Å²) in [5, 5.41) is 10.2. The van der Waals surface area contributed by atoms with Gasteiger partial charge < -0.3 is 9.84 Å². The van der Waals surface area contributed by atoms with E-state index in [1.54, 1.807) is 7.11 Å². The highest BCUT2D eigenvalue weighted by Gasteiger charge is 2.33. The van der Waals surface area contributed by atoms with Gasteiger partial charge in [-0.05, 0) is 36.1 Å². The molecule has 1 aromatic carbocycles. The summed E-state index contributed by atoms with van der Waals surface area (Å²) in [6, 6.07) is 5.93. The van der Waals surface area contributed by atoms with E-state index in [4.69, 9.17) is 16.3 Å². The van der Waals surface area contributed by atoms with Crippen molar-refractivity contribution in [2.75, 3.05) is 13.7 Å². The van der Waals surface area contributed by atoms with Crippen LogP contribution in [0.4, 0.5) is 0 Å². The highest BCUT2D eigenvalue weighted by Crippen LogP contribution is 2.32. The number of fused-ring (bicyclic) bond motifs is 1. The summed E-state index contributed by atoms with van der Waals surface area (Å²) in [7, 11) is 1.66. The fourth-order valence-corrected chi connectivity index (χ4v) is 2.37. The zero-order valence-electron chi connectivity index (χ0n) is 8.79. The molecule has 1 N–H and O–H groups in total. The van der Waals surface area contributed by atoms with E-state index in [1.807, 2.05) is 18.2 Å². The summed E-state index contributed by atoms with van der Waals surface area (Å²) in [6.07, 6.45) is 2.55. The first-order valence-electron chi connectivity index (χ1n) is 5.12. The zero-order valence-corrected chi connectivity index (χ0v) is 9.55. The smallest absolute Gasteiger partial charge is 0.0951 e. The second-order valence-corrected chi connectivity index (χ2v) is 4.57. The second-order valence-electron chi connectivity index (χ2n) is 4.14. The highest BCUT2D eigenvalue weighted by atomic mass is 35.5. The van der Waals surface area contributed by atoms with Gasteiger partial charge in [-0.15, -0.1) is 0 Å². The Bertz CT molecular complexity index is 359. The van der Waals surface area contributed by atoms with E-state index >= 15 is 0 Å². The molecule has 1 atom stereocenters. The molecule has 1 unspecified atom stereocenters. The molecule has 0 radical (unpaired) electrons. The third-order valence-electron chi connectivity index (χ3n) is 3.25. The Morgan fingerprint density at radius 1 is 1.47 bits per heavy atom. The molecule has 3 heteroatoms. The molecule has 0 heterocycles. The van der Waals surface area contributed by atoms with Crippen LogP contribution in [0.15, 0.2) is 18.2 Å². The van der Waals surface area contributed by atoms with E-state index in [2.05, 4.69) is 0 Å². The van der Waals surface area contributed by atoms with E-state index in [9.17, 15) is 5.11 Å². The molecule has 0 aliphatic heterocycles. The number of aryl methyl sites for hydroxylation is 1. The minimum absolute atomic E-state index is 0.0750. The first-order chi connectivity index (χ1) is 7.19. The number of halogens is 1. The molecule has 0 bridgehead atoms. The van der Waals surface area contributed by atoms with Crippen LogP contribution < -0.4 is 0 Å². The quantitative estimate of drug-likeness (QED) is 0.838. The van der Waals surface area contributed by atoms with Gasteiger partial charge in [-0.1, -0.05) is 17.7 Å². The zero-order chi connectivity index (χ0) is 10.9. The van der Waals surface area contributed by atoms with Gasteiger partial charge in [0.2, 0.25) is 0 Å². The normalized spacial score (nSPS) is 25.0. The minimum Gasteiger partial charge on any atom is -0.393 e. The van der Waals surface area contributed by atoms with E-state index in [0.29, 0.717) is 0 Å². The number of aliphatic hydroxyl groups excluding tert-OH is 1. The Morgan fingerprint density at radius 2 is 2.27 bits per heavy atom. The van der Waals surface area contributed by atoms with Crippen molar-refractivity contribution >= 4 is 11.6 Å². The molecule has 1 aliphatic carbocycles. The van der Waals surface area contributed by atoms with Crippen LogP contribution in [0.25, 0.3) is 0 Å². The molecular formula is C12H15ClO2. The lowest BCUT2D eigenvalue weighted by molar-refractivity contribution is -0.0606. The number of hydrogen-bond acceptors (Lipinski definition) is 2. The summed E-state index contributed by atoms with van der Waals surface area (Å²) >= 11 is 5.93. The minimum atomic E-state index is -0.388. The van der Waals surface area contributed by atoms with Gasteiger partial charge in [0.05, 0.1) is 12.2 Å². The summed E-state index contributed by atoms with van der Waals surface area (Å²) in [6.45, 7) is 0.0750. The lowest BCUT2D eigenvalue weighted by Crippen LogP contribution is -2.41. The van der Waals surface area contributed by atoms with Crippen LogP contribution in [-0.4, -0.2) is 24.4 Å². The number of benzene rings is 1. The molecule has 1 aromatic rings. The summed E-state index contributed by atoms with van der Waals surface area (Å²) < 4.78 is 5.43. The van der Waals surface area contributed by atoms with Gasteiger partial charge in [-0.25, -0.2) is 0 Å². The van der Waals surface area contributed by atoms with Crippen molar-refractivity contribution in [2.45, 2.75) is 24.9 Å². The van der Waals surface area contributed by atoms with Crippen molar-refractivity contribution in [2.24, 2.45) is 0 Å². The van der Waals surface area contributed by atoms with Crippen LogP contribution in [0.2, 0.25) is 5.02 Å². The molecule has 1 aliphatic rings. The highest BCUT2D eigenvalue weighted by molar-refractivity contribution is 6.30. The Morgan fingerprint density at radius 3 is 2.93 bits per heavy atom. The van der Waals surface area contributed by atoms with Gasteiger partial charge in [0.15, 0.2) is 0 Å². The first-order valence-corrected chi connectivity index (χ1v) is 5.50. The maximum atomic E-state index is 9.37. The van der Waals surface area contributed by atoms with Crippen molar-refractivity contribution < 1.29 is 9.84 Å². The molecule has 82 valence electrons. The largest absolute Gasteiger partial charge is 0.393 e. The van der Waals surface area contributed by atoms with Crippen LogP contribution in [0.3, 0.4) is 0 Å². The number of methoxy groups -OCH3 is 1. The number of aliphatic hydroxyl groups is 1. The van der Waals surface area contributed by atoms with Crippen molar-refractivity contribution in [1.82, 2.24) is 0 Å². The average Bonchev–Trinajstić information content (AvgIpc) is 2.28. The molecule has 0 saturated heterocycles. The van der Waals surface area contributed by atoms with Gasteiger partial charge >= 0.3 is 0 Å². The van der Waals surface area contributed by atoms with Crippen molar-refractivity contribution in [3.63, 3.8) is 0 Å². The molecule has 2 rings (SSSR count). The monoisotopic (exact) mass is 226 g/mol. The topological polar surface area (TPSA) is 29.5 Å². The van der Waals surface area contributed by atoms with E-state index in [1.165, 1.54) is 11.1 Å². The fraction of sp³-hybridized carbons (Fsp3) is 0.500. The SMILES string of the molecule is COC1(CO)CCc2cc(Cl)ccc2C1. The van der Waals surface area contributed by atoms with Crippen molar-refractivity contribution in [3.05, 3.63) is 34.3 Å². The summed E-state index contributed by atoms with van der Waals surface area (Å²) in [4.78, 5) is 0. The maximum absolute atomic E-state index is 9.37. The number of hydrogen-bond donors (Lipinski definition) is 1. The molecule has 0 saturated carbocycles. The van der Waals surface area contributed by atoms with Crippen LogP contribution in [0.5, 0.6) is 0 Å². The Balaban J connectivity index is 2.30. The molecule has 15 heavy (non-hydrogen) atoms. The fourth-order valence-electron chi connectivity index (χ4n) is 2.17. The Labute approximate surface area is 94.8 Å². The van der Waals surface area contributed by atoms with Crippen LogP contribution in [0.1, 0.15) is 17.5 Å². The lowest BCUT2D eigenvalue weighted by Gasteiger charge is -2.35. The van der Waals surface area contributed by atoms with Crippen molar-refractivity contribution in [1.29, 1.82) is 0 Å². The van der Waals surface area contributed by atoms with Crippen molar-refractivity contribution in [3.8, 4) is 0 Å². The maximum Gasteiger partial charge on any atom is 0.0951 e. The van der Waals surface area contributed by atoms with E-state index < -0.39 is 0 Å². The number of rotatable bonds is 2. The molecule has 2 nitrogen and oxygen atoms in total. The molecule has 0 fully saturated rings. The van der Waals surface area contributed by atoms with E-state index in [-0.39, 0.29) is 12.2 Å². The van der Waals surface area contributed by atoms with Crippen LogP contribution in [-0.2, 0) is 17.6 Å². The predicted octanol–water partition coefficient (Wildman–Crippen LogP) is 2.21. The molecule has 0 aromatic heterocycles. The third kappa shape index (κ3) is 2.03. The number of ether oxygens (including phenoxy) is 1. The average molecular weight is 227 g/mol. The van der Waals surface area contributed by atoms with E-state index in [0.717, 1.165) is 24.3 Å². The molecule has 0 amide bonds. The molecule has 0 spiro atoms.